The van der Waals surface area contributed by atoms with Gasteiger partial charge in [0.1, 0.15) is 0 Å². The van der Waals surface area contributed by atoms with Gasteiger partial charge in [0.05, 0.1) is 6.10 Å². The zero-order valence-corrected chi connectivity index (χ0v) is 12.4. The van der Waals surface area contributed by atoms with Crippen LogP contribution in [0.15, 0.2) is 24.3 Å². The Labute approximate surface area is 128 Å². The zero-order chi connectivity index (χ0) is 15.2. The van der Waals surface area contributed by atoms with Gasteiger partial charge in [0.15, 0.2) is 0 Å². The van der Waals surface area contributed by atoms with E-state index < -0.39 is 17.9 Å². The third-order valence-electron chi connectivity index (χ3n) is 3.68. The Morgan fingerprint density at radius 3 is 2.71 bits per heavy atom. The predicted octanol–water partition coefficient (Wildman–Crippen LogP) is 1.95. The third kappa shape index (κ3) is 4.72. The number of amides is 2. The molecule has 0 aliphatic heterocycles. The number of halogens is 1. The predicted molar refractivity (Wildman–Crippen MR) is 81.1 cm³/mol. The van der Waals surface area contributed by atoms with Crippen LogP contribution in [-0.2, 0) is 9.59 Å². The molecule has 3 N–H and O–H groups in total. The average Bonchev–Trinajstić information content (AvgIpc) is 2.46. The van der Waals surface area contributed by atoms with Crippen LogP contribution in [0.25, 0.3) is 0 Å². The van der Waals surface area contributed by atoms with E-state index in [1.165, 1.54) is 0 Å². The van der Waals surface area contributed by atoms with Gasteiger partial charge in [0.2, 0.25) is 0 Å². The number of rotatable bonds is 3. The Hall–Kier alpha value is -1.59. The maximum atomic E-state index is 11.7. The number of hydrogen-bond donors (Lipinski definition) is 3. The second-order valence-corrected chi connectivity index (χ2v) is 5.72. The molecule has 1 aliphatic rings. The van der Waals surface area contributed by atoms with E-state index in [4.69, 9.17) is 11.6 Å². The van der Waals surface area contributed by atoms with Crippen molar-refractivity contribution in [2.45, 2.75) is 31.8 Å². The van der Waals surface area contributed by atoms with E-state index in [0.29, 0.717) is 17.3 Å². The molecule has 0 aromatic heterocycles. The fourth-order valence-corrected chi connectivity index (χ4v) is 2.67. The molecule has 1 aliphatic carbocycles. The number of aliphatic hydroxyl groups is 1. The highest BCUT2D eigenvalue weighted by atomic mass is 35.5. The van der Waals surface area contributed by atoms with E-state index >= 15 is 0 Å². The fourth-order valence-electron chi connectivity index (χ4n) is 2.48. The second-order valence-electron chi connectivity index (χ2n) is 5.29. The van der Waals surface area contributed by atoms with E-state index in [2.05, 4.69) is 10.6 Å². The minimum Gasteiger partial charge on any atom is -0.393 e. The lowest BCUT2D eigenvalue weighted by atomic mass is 9.86. The van der Waals surface area contributed by atoms with Gasteiger partial charge in [-0.2, -0.15) is 0 Å². The summed E-state index contributed by atoms with van der Waals surface area (Å²) in [5.74, 6) is -1.41. The molecule has 0 bridgehead atoms. The molecule has 21 heavy (non-hydrogen) atoms. The molecule has 0 radical (unpaired) electrons. The summed E-state index contributed by atoms with van der Waals surface area (Å²) in [5, 5.41) is 15.4. The monoisotopic (exact) mass is 310 g/mol. The minimum absolute atomic E-state index is 0.0293. The molecule has 0 heterocycles. The Morgan fingerprint density at radius 1 is 1.24 bits per heavy atom. The first-order valence-corrected chi connectivity index (χ1v) is 7.47. The van der Waals surface area contributed by atoms with Crippen molar-refractivity contribution in [3.63, 3.8) is 0 Å². The van der Waals surface area contributed by atoms with Crippen molar-refractivity contribution in [2.24, 2.45) is 5.92 Å². The molecular weight excluding hydrogens is 292 g/mol. The summed E-state index contributed by atoms with van der Waals surface area (Å²) < 4.78 is 0. The highest BCUT2D eigenvalue weighted by molar-refractivity contribution is 6.39. The van der Waals surface area contributed by atoms with Crippen molar-refractivity contribution in [1.82, 2.24) is 5.32 Å². The molecular formula is C15H19ClN2O3. The molecule has 114 valence electrons. The lowest BCUT2D eigenvalue weighted by Gasteiger charge is -2.27. The molecule has 1 aromatic rings. The fraction of sp³-hybridized carbons (Fsp3) is 0.467. The van der Waals surface area contributed by atoms with Gasteiger partial charge in [-0.05, 0) is 31.0 Å². The number of hydrogen-bond acceptors (Lipinski definition) is 3. The normalized spacial score (nSPS) is 21.6. The topological polar surface area (TPSA) is 78.4 Å². The van der Waals surface area contributed by atoms with Crippen LogP contribution in [0, 0.1) is 5.92 Å². The van der Waals surface area contributed by atoms with Gasteiger partial charge in [-0.15, -0.1) is 0 Å². The third-order valence-corrected chi connectivity index (χ3v) is 3.92. The second kappa shape index (κ2) is 7.43. The lowest BCUT2D eigenvalue weighted by molar-refractivity contribution is -0.136. The van der Waals surface area contributed by atoms with Gasteiger partial charge in [-0.1, -0.05) is 30.5 Å². The number of aliphatic hydroxyl groups excluding tert-OH is 1. The first-order valence-electron chi connectivity index (χ1n) is 7.09. The van der Waals surface area contributed by atoms with Gasteiger partial charge in [-0.3, -0.25) is 9.59 Å². The minimum atomic E-state index is -0.734. The molecule has 1 aromatic carbocycles. The number of anilines is 1. The average molecular weight is 311 g/mol. The molecule has 0 spiro atoms. The first kappa shape index (κ1) is 15.8. The quantitative estimate of drug-likeness (QED) is 0.747. The van der Waals surface area contributed by atoms with Crippen molar-refractivity contribution >= 4 is 29.1 Å². The van der Waals surface area contributed by atoms with E-state index in [1.807, 2.05) is 0 Å². The lowest BCUT2D eigenvalue weighted by Crippen LogP contribution is -2.41. The van der Waals surface area contributed by atoms with Gasteiger partial charge in [-0.25, -0.2) is 0 Å². The number of nitrogens with one attached hydrogen (secondary N) is 2. The van der Waals surface area contributed by atoms with Crippen LogP contribution in [0.5, 0.6) is 0 Å². The summed E-state index contributed by atoms with van der Waals surface area (Å²) in [6.07, 6.45) is 3.30. The van der Waals surface area contributed by atoms with Crippen molar-refractivity contribution in [2.75, 3.05) is 11.9 Å². The van der Waals surface area contributed by atoms with Crippen molar-refractivity contribution in [3.05, 3.63) is 29.3 Å². The molecule has 6 heteroatoms. The summed E-state index contributed by atoms with van der Waals surface area (Å²) >= 11 is 5.81. The van der Waals surface area contributed by atoms with Crippen molar-refractivity contribution in [1.29, 1.82) is 0 Å². The molecule has 1 fully saturated rings. The van der Waals surface area contributed by atoms with Gasteiger partial charge < -0.3 is 15.7 Å². The maximum absolute atomic E-state index is 11.7. The standard InChI is InChI=1S/C15H19ClN2O3/c16-11-5-3-6-12(8-11)18-15(21)14(20)17-9-10-4-1-2-7-13(10)19/h3,5-6,8,10,13,19H,1-2,4,7,9H2,(H,17,20)(H,18,21)/t10-,13-/m1/s1. The first-order chi connectivity index (χ1) is 10.1. The van der Waals surface area contributed by atoms with Gasteiger partial charge >= 0.3 is 11.8 Å². The van der Waals surface area contributed by atoms with Crippen LogP contribution in [0.4, 0.5) is 5.69 Å². The van der Waals surface area contributed by atoms with Crippen molar-refractivity contribution < 1.29 is 14.7 Å². The Bertz CT molecular complexity index is 521. The summed E-state index contributed by atoms with van der Waals surface area (Å²) in [6, 6.07) is 6.59. The van der Waals surface area contributed by atoms with Crippen molar-refractivity contribution in [3.8, 4) is 0 Å². The van der Waals surface area contributed by atoms with E-state index in [9.17, 15) is 14.7 Å². The van der Waals surface area contributed by atoms with Crippen LogP contribution in [0.2, 0.25) is 5.02 Å². The number of carbonyl (C=O) groups is 2. The zero-order valence-electron chi connectivity index (χ0n) is 11.6. The summed E-state index contributed by atoms with van der Waals surface area (Å²) in [7, 11) is 0. The Kier molecular flexibility index (Phi) is 5.59. The largest absolute Gasteiger partial charge is 0.393 e. The van der Waals surface area contributed by atoms with Gasteiger partial charge in [0.25, 0.3) is 0 Å². The van der Waals surface area contributed by atoms with E-state index in [0.717, 1.165) is 25.7 Å². The van der Waals surface area contributed by atoms with Crippen LogP contribution in [0.1, 0.15) is 25.7 Å². The maximum Gasteiger partial charge on any atom is 0.313 e. The molecule has 5 nitrogen and oxygen atoms in total. The Morgan fingerprint density at radius 2 is 2.00 bits per heavy atom. The number of carbonyl (C=O) groups excluding carboxylic acids is 2. The molecule has 0 unspecified atom stereocenters. The Balaban J connectivity index is 1.81. The molecule has 1 saturated carbocycles. The summed E-state index contributed by atoms with van der Waals surface area (Å²) in [5.41, 5.74) is 0.473. The molecule has 2 amide bonds. The molecule has 0 saturated heterocycles. The van der Waals surface area contributed by atoms with Crippen LogP contribution in [-0.4, -0.2) is 29.6 Å². The number of benzene rings is 1. The highest BCUT2D eigenvalue weighted by Gasteiger charge is 2.24. The van der Waals surface area contributed by atoms with E-state index in [1.54, 1.807) is 24.3 Å². The van der Waals surface area contributed by atoms with Crippen LogP contribution in [0.3, 0.4) is 0 Å². The van der Waals surface area contributed by atoms with Crippen LogP contribution >= 0.6 is 11.6 Å². The summed E-state index contributed by atoms with van der Waals surface area (Å²) in [6.45, 7) is 0.322. The smallest absolute Gasteiger partial charge is 0.313 e. The molecule has 2 rings (SSSR count). The van der Waals surface area contributed by atoms with E-state index in [-0.39, 0.29) is 5.92 Å². The SMILES string of the molecule is O=C(NC[C@H]1CCCC[C@H]1O)C(=O)Nc1cccc(Cl)c1. The highest BCUT2D eigenvalue weighted by Crippen LogP contribution is 2.23. The molecule has 2 atom stereocenters. The summed E-state index contributed by atoms with van der Waals surface area (Å²) in [4.78, 5) is 23.5. The van der Waals surface area contributed by atoms with Crippen LogP contribution < -0.4 is 10.6 Å². The van der Waals surface area contributed by atoms with Gasteiger partial charge in [0, 0.05) is 23.2 Å².